The zero-order chi connectivity index (χ0) is 13.9. The molecule has 2 heterocycles. The van der Waals surface area contributed by atoms with E-state index in [4.69, 9.17) is 12.2 Å². The van der Waals surface area contributed by atoms with E-state index < -0.39 is 0 Å². The number of thiocarbonyl (C=S) groups is 1. The fraction of sp³-hybridized carbons (Fsp3) is 0.133. The van der Waals surface area contributed by atoms with Crippen molar-refractivity contribution >= 4 is 28.9 Å². The van der Waals surface area contributed by atoms with Crippen molar-refractivity contribution in [1.82, 2.24) is 9.88 Å². The van der Waals surface area contributed by atoms with Gasteiger partial charge in [0.05, 0.1) is 12.1 Å². The number of anilines is 1. The Hall–Kier alpha value is -2.27. The number of hydrogen-bond acceptors (Lipinski definition) is 3. The van der Waals surface area contributed by atoms with Gasteiger partial charge in [-0.1, -0.05) is 42.5 Å². The Balaban J connectivity index is 1.92. The zero-order valence-electron chi connectivity index (χ0n) is 10.7. The molecule has 0 aliphatic carbocycles. The molecule has 0 fully saturated rings. The highest BCUT2D eigenvalue weighted by molar-refractivity contribution is 7.80. The van der Waals surface area contributed by atoms with Gasteiger partial charge < -0.3 is 10.2 Å². The maximum Gasteiger partial charge on any atom is 0.258 e. The number of hydrogen-bond donors (Lipinski definition) is 1. The molecule has 20 heavy (non-hydrogen) atoms. The minimum Gasteiger partial charge on any atom is -0.333 e. The van der Waals surface area contributed by atoms with Gasteiger partial charge in [-0.2, -0.15) is 0 Å². The van der Waals surface area contributed by atoms with Gasteiger partial charge in [0.15, 0.2) is 0 Å². The van der Waals surface area contributed by atoms with Gasteiger partial charge in [-0.05, 0) is 17.7 Å². The number of carbonyl (C=O) groups excluding carboxylic acids is 1. The molecule has 100 valence electrons. The molecule has 1 aliphatic heterocycles. The second kappa shape index (κ2) is 5.38. The highest BCUT2D eigenvalue weighted by Crippen LogP contribution is 2.19. The van der Waals surface area contributed by atoms with Crippen LogP contribution in [-0.2, 0) is 6.54 Å². The first-order valence-electron chi connectivity index (χ1n) is 6.32. The molecule has 1 amide bonds. The van der Waals surface area contributed by atoms with Gasteiger partial charge in [-0.3, -0.25) is 4.79 Å². The first kappa shape index (κ1) is 12.7. The molecule has 0 saturated heterocycles. The van der Waals surface area contributed by atoms with Crippen LogP contribution in [0.15, 0.2) is 48.7 Å². The van der Waals surface area contributed by atoms with Crippen LogP contribution >= 0.6 is 12.2 Å². The van der Waals surface area contributed by atoms with E-state index >= 15 is 0 Å². The maximum absolute atomic E-state index is 12.6. The summed E-state index contributed by atoms with van der Waals surface area (Å²) >= 11 is 5.27. The number of rotatable bonds is 2. The van der Waals surface area contributed by atoms with Crippen LogP contribution in [0.3, 0.4) is 0 Å². The van der Waals surface area contributed by atoms with Gasteiger partial charge in [0.1, 0.15) is 10.8 Å². The molecule has 3 rings (SSSR count). The Morgan fingerprint density at radius 3 is 2.80 bits per heavy atom. The molecule has 2 aromatic rings. The summed E-state index contributed by atoms with van der Waals surface area (Å²) in [6.45, 7) is 0.940. The molecule has 0 spiro atoms. The number of amides is 1. The average Bonchev–Trinajstić information content (AvgIpc) is 2.58. The van der Waals surface area contributed by atoms with E-state index in [1.807, 2.05) is 30.3 Å². The van der Waals surface area contributed by atoms with Gasteiger partial charge in [-0.15, -0.1) is 0 Å². The SMILES string of the molecule is O=C1c2cccnc2NC(=S)CN1Cc1ccccc1. The van der Waals surface area contributed by atoms with E-state index in [1.165, 1.54) is 0 Å². The first-order chi connectivity index (χ1) is 9.74. The van der Waals surface area contributed by atoms with Crippen LogP contribution < -0.4 is 5.32 Å². The number of benzene rings is 1. The first-order valence-corrected chi connectivity index (χ1v) is 6.73. The van der Waals surface area contributed by atoms with Crippen molar-refractivity contribution in [2.45, 2.75) is 6.54 Å². The number of nitrogens with one attached hydrogen (secondary N) is 1. The van der Waals surface area contributed by atoms with Crippen LogP contribution in [0.4, 0.5) is 5.82 Å². The van der Waals surface area contributed by atoms with E-state index in [2.05, 4.69) is 10.3 Å². The molecule has 0 atom stereocenters. The third-order valence-electron chi connectivity index (χ3n) is 3.13. The highest BCUT2D eigenvalue weighted by Gasteiger charge is 2.25. The summed E-state index contributed by atoms with van der Waals surface area (Å²) in [5.41, 5.74) is 1.64. The van der Waals surface area contributed by atoms with Gasteiger partial charge in [-0.25, -0.2) is 4.98 Å². The monoisotopic (exact) mass is 283 g/mol. The molecule has 0 radical (unpaired) electrons. The van der Waals surface area contributed by atoms with Crippen LogP contribution in [0.5, 0.6) is 0 Å². The summed E-state index contributed by atoms with van der Waals surface area (Å²) in [6, 6.07) is 13.4. The lowest BCUT2D eigenvalue weighted by Crippen LogP contribution is -2.33. The molecule has 1 aromatic carbocycles. The van der Waals surface area contributed by atoms with Crippen molar-refractivity contribution < 1.29 is 4.79 Å². The van der Waals surface area contributed by atoms with Gasteiger partial charge in [0.2, 0.25) is 0 Å². The quantitative estimate of drug-likeness (QED) is 0.860. The van der Waals surface area contributed by atoms with E-state index in [0.29, 0.717) is 29.5 Å². The Morgan fingerprint density at radius 1 is 1.20 bits per heavy atom. The van der Waals surface area contributed by atoms with Crippen molar-refractivity contribution in [1.29, 1.82) is 0 Å². The molecule has 4 nitrogen and oxygen atoms in total. The second-order valence-electron chi connectivity index (χ2n) is 4.59. The fourth-order valence-corrected chi connectivity index (χ4v) is 2.45. The molecular formula is C15H13N3OS. The third kappa shape index (κ3) is 2.53. The smallest absolute Gasteiger partial charge is 0.258 e. The van der Waals surface area contributed by atoms with Crippen LogP contribution in [-0.4, -0.2) is 27.3 Å². The van der Waals surface area contributed by atoms with Crippen molar-refractivity contribution in [3.63, 3.8) is 0 Å². The Morgan fingerprint density at radius 2 is 2.00 bits per heavy atom. The van der Waals surface area contributed by atoms with Crippen molar-refractivity contribution in [2.24, 2.45) is 0 Å². The van der Waals surface area contributed by atoms with Crippen molar-refractivity contribution in [2.75, 3.05) is 11.9 Å². The normalized spacial score (nSPS) is 14.5. The van der Waals surface area contributed by atoms with Gasteiger partial charge >= 0.3 is 0 Å². The molecule has 5 heteroatoms. The summed E-state index contributed by atoms with van der Waals surface area (Å²) in [6.07, 6.45) is 1.65. The Kier molecular flexibility index (Phi) is 3.43. The van der Waals surface area contributed by atoms with Gasteiger partial charge in [0.25, 0.3) is 5.91 Å². The largest absolute Gasteiger partial charge is 0.333 e. The summed E-state index contributed by atoms with van der Waals surface area (Å²) in [7, 11) is 0. The van der Waals surface area contributed by atoms with E-state index in [9.17, 15) is 4.79 Å². The number of fused-ring (bicyclic) bond motifs is 1. The Labute approximate surface area is 122 Å². The predicted octanol–water partition coefficient (Wildman–Crippen LogP) is 2.48. The maximum atomic E-state index is 12.6. The average molecular weight is 283 g/mol. The number of nitrogens with zero attached hydrogens (tertiary/aromatic N) is 2. The lowest BCUT2D eigenvalue weighted by atomic mass is 10.2. The molecule has 1 aliphatic rings. The zero-order valence-corrected chi connectivity index (χ0v) is 11.6. The van der Waals surface area contributed by atoms with E-state index in [0.717, 1.165) is 5.56 Å². The van der Waals surface area contributed by atoms with E-state index in [-0.39, 0.29) is 5.91 Å². The van der Waals surface area contributed by atoms with Crippen molar-refractivity contribution in [3.8, 4) is 0 Å². The standard InChI is InChI=1S/C15H13N3OS/c19-15-12-7-4-8-16-14(12)17-13(20)10-18(15)9-11-5-2-1-3-6-11/h1-8H,9-10H2,(H,16,17,20). The molecular weight excluding hydrogens is 270 g/mol. The lowest BCUT2D eigenvalue weighted by molar-refractivity contribution is 0.0772. The third-order valence-corrected chi connectivity index (χ3v) is 3.37. The molecule has 1 aromatic heterocycles. The van der Waals surface area contributed by atoms with E-state index in [1.54, 1.807) is 23.2 Å². The topological polar surface area (TPSA) is 45.2 Å². The summed E-state index contributed by atoms with van der Waals surface area (Å²) in [4.78, 5) is 19.1. The summed E-state index contributed by atoms with van der Waals surface area (Å²) < 4.78 is 0. The molecule has 0 unspecified atom stereocenters. The van der Waals surface area contributed by atoms with Crippen LogP contribution in [0.1, 0.15) is 15.9 Å². The van der Waals surface area contributed by atoms with Crippen molar-refractivity contribution in [3.05, 3.63) is 59.8 Å². The minimum absolute atomic E-state index is 0.0516. The van der Waals surface area contributed by atoms with Gasteiger partial charge in [0, 0.05) is 12.7 Å². The molecule has 1 N–H and O–H groups in total. The fourth-order valence-electron chi connectivity index (χ4n) is 2.20. The summed E-state index contributed by atoms with van der Waals surface area (Å²) in [5.74, 6) is 0.488. The van der Waals surface area contributed by atoms with Crippen LogP contribution in [0.2, 0.25) is 0 Å². The van der Waals surface area contributed by atoms with Crippen LogP contribution in [0, 0.1) is 0 Å². The molecule has 0 bridgehead atoms. The minimum atomic E-state index is -0.0516. The number of carbonyl (C=O) groups is 1. The lowest BCUT2D eigenvalue weighted by Gasteiger charge is -2.20. The predicted molar refractivity (Wildman–Crippen MR) is 81.6 cm³/mol. The van der Waals surface area contributed by atoms with Crippen LogP contribution in [0.25, 0.3) is 0 Å². The Bertz CT molecular complexity index is 657. The second-order valence-corrected chi connectivity index (χ2v) is 5.09. The number of pyridine rings is 1. The number of aromatic nitrogens is 1. The summed E-state index contributed by atoms with van der Waals surface area (Å²) in [5, 5.41) is 3.03. The highest BCUT2D eigenvalue weighted by atomic mass is 32.1. The molecule has 0 saturated carbocycles.